The highest BCUT2D eigenvalue weighted by atomic mass is 16.6. The minimum absolute atomic E-state index is 0.242. The maximum Gasteiger partial charge on any atom is 0.343 e. The summed E-state index contributed by atoms with van der Waals surface area (Å²) in [5.41, 5.74) is 3.72. The molecule has 0 aromatic heterocycles. The zero-order valence-electron chi connectivity index (χ0n) is 22.1. The first-order chi connectivity index (χ1) is 18.9. The topological polar surface area (TPSA) is 125 Å². The number of hydrogen-bond acceptors (Lipinski definition) is 8. The molecule has 0 atom stereocenters. The Morgan fingerprint density at radius 3 is 2.21 bits per heavy atom. The number of nitrogens with zero attached hydrogens (tertiary/aromatic N) is 1. The fraction of sp³-hybridized carbons (Fsp3) is 0.241. The number of rotatable bonds is 13. The third-order valence-electron chi connectivity index (χ3n) is 5.20. The van der Waals surface area contributed by atoms with E-state index >= 15 is 0 Å². The minimum atomic E-state index is -0.546. The van der Waals surface area contributed by atoms with Gasteiger partial charge >= 0.3 is 5.97 Å². The molecule has 0 bridgehead atoms. The van der Waals surface area contributed by atoms with E-state index in [2.05, 4.69) is 15.8 Å². The van der Waals surface area contributed by atoms with Gasteiger partial charge in [-0.3, -0.25) is 9.59 Å². The molecule has 0 heterocycles. The van der Waals surface area contributed by atoms with Gasteiger partial charge in [-0.15, -0.1) is 0 Å². The molecule has 0 unspecified atom stereocenters. The zero-order valence-corrected chi connectivity index (χ0v) is 22.1. The summed E-state index contributed by atoms with van der Waals surface area (Å²) < 4.78 is 21.7. The SMILES string of the molecule is CCCOc1ccc(C(=O)NCC(=O)N/N=C\c2ccc(OC(=O)c3ccc(OC)cc3)c(OCC)c2)cc1. The predicted octanol–water partition coefficient (Wildman–Crippen LogP) is 3.98. The Bertz CT molecular complexity index is 1290. The van der Waals surface area contributed by atoms with Crippen molar-refractivity contribution in [2.24, 2.45) is 5.10 Å². The van der Waals surface area contributed by atoms with Crippen molar-refractivity contribution in [1.29, 1.82) is 0 Å². The fourth-order valence-electron chi connectivity index (χ4n) is 3.25. The van der Waals surface area contributed by atoms with Crippen LogP contribution in [0.4, 0.5) is 0 Å². The van der Waals surface area contributed by atoms with E-state index in [1.807, 2.05) is 6.92 Å². The number of methoxy groups -OCH3 is 1. The lowest BCUT2D eigenvalue weighted by molar-refractivity contribution is -0.120. The molecule has 2 amide bonds. The lowest BCUT2D eigenvalue weighted by Crippen LogP contribution is -2.34. The Kier molecular flexibility index (Phi) is 10.9. The Morgan fingerprint density at radius 2 is 1.54 bits per heavy atom. The van der Waals surface area contributed by atoms with Crippen LogP contribution >= 0.6 is 0 Å². The van der Waals surface area contributed by atoms with Crippen LogP contribution in [0.15, 0.2) is 71.8 Å². The van der Waals surface area contributed by atoms with E-state index in [1.165, 1.54) is 6.21 Å². The molecule has 0 saturated heterocycles. The van der Waals surface area contributed by atoms with E-state index in [1.54, 1.807) is 80.8 Å². The van der Waals surface area contributed by atoms with Gasteiger partial charge in [0.1, 0.15) is 11.5 Å². The molecule has 204 valence electrons. The summed E-state index contributed by atoms with van der Waals surface area (Å²) in [5, 5.41) is 6.46. The number of carbonyl (C=O) groups excluding carboxylic acids is 3. The average Bonchev–Trinajstić information content (AvgIpc) is 2.96. The Hall–Kier alpha value is -4.86. The molecule has 10 nitrogen and oxygen atoms in total. The van der Waals surface area contributed by atoms with Crippen molar-refractivity contribution >= 4 is 24.0 Å². The average molecular weight is 534 g/mol. The van der Waals surface area contributed by atoms with Gasteiger partial charge in [0.05, 0.1) is 38.6 Å². The van der Waals surface area contributed by atoms with Gasteiger partial charge in [-0.05, 0) is 85.6 Å². The highest BCUT2D eigenvalue weighted by Crippen LogP contribution is 2.29. The van der Waals surface area contributed by atoms with Crippen LogP contribution in [0.2, 0.25) is 0 Å². The summed E-state index contributed by atoms with van der Waals surface area (Å²) in [6, 6.07) is 18.1. The van der Waals surface area contributed by atoms with Gasteiger partial charge in [-0.1, -0.05) is 6.92 Å². The van der Waals surface area contributed by atoms with E-state index in [0.29, 0.717) is 47.2 Å². The number of esters is 1. The Labute approximate surface area is 226 Å². The second-order valence-corrected chi connectivity index (χ2v) is 8.11. The smallest absolute Gasteiger partial charge is 0.343 e. The van der Waals surface area contributed by atoms with Crippen molar-refractivity contribution in [1.82, 2.24) is 10.7 Å². The lowest BCUT2D eigenvalue weighted by atomic mass is 10.2. The summed E-state index contributed by atoms with van der Waals surface area (Å²) in [4.78, 5) is 36.9. The van der Waals surface area contributed by atoms with E-state index in [4.69, 9.17) is 18.9 Å². The van der Waals surface area contributed by atoms with Crippen molar-refractivity contribution in [2.45, 2.75) is 20.3 Å². The molecule has 0 saturated carbocycles. The van der Waals surface area contributed by atoms with Crippen molar-refractivity contribution < 1.29 is 33.3 Å². The number of ether oxygens (including phenoxy) is 4. The van der Waals surface area contributed by atoms with Gasteiger partial charge in [-0.2, -0.15) is 5.10 Å². The van der Waals surface area contributed by atoms with E-state index in [9.17, 15) is 14.4 Å². The standard InChI is InChI=1S/C29H31N3O7/c1-4-16-38-24-13-7-21(8-14-24)28(34)30-19-27(33)32-31-18-20-6-15-25(26(17-20)37-5-2)39-29(35)22-9-11-23(36-3)12-10-22/h6-15,17-18H,4-5,16,19H2,1-3H3,(H,30,34)(H,32,33)/b31-18-. The van der Waals surface area contributed by atoms with Gasteiger partial charge in [0.15, 0.2) is 11.5 Å². The van der Waals surface area contributed by atoms with Crippen LogP contribution in [0.5, 0.6) is 23.0 Å². The molecule has 0 aliphatic heterocycles. The summed E-state index contributed by atoms with van der Waals surface area (Å²) in [6.07, 6.45) is 2.30. The molecule has 0 aliphatic rings. The first-order valence-corrected chi connectivity index (χ1v) is 12.4. The molecule has 3 aromatic carbocycles. The molecule has 3 rings (SSSR count). The minimum Gasteiger partial charge on any atom is -0.497 e. The summed E-state index contributed by atoms with van der Waals surface area (Å²) in [6.45, 7) is 4.50. The number of amides is 2. The molecule has 10 heteroatoms. The van der Waals surface area contributed by atoms with Crippen molar-refractivity contribution in [2.75, 3.05) is 26.9 Å². The third-order valence-corrected chi connectivity index (χ3v) is 5.20. The van der Waals surface area contributed by atoms with Gasteiger partial charge in [0.25, 0.3) is 11.8 Å². The van der Waals surface area contributed by atoms with Crippen LogP contribution in [0.1, 0.15) is 46.5 Å². The number of nitrogens with one attached hydrogen (secondary N) is 2. The van der Waals surface area contributed by atoms with Crippen LogP contribution in [0, 0.1) is 0 Å². The lowest BCUT2D eigenvalue weighted by Gasteiger charge is -2.11. The van der Waals surface area contributed by atoms with Crippen molar-refractivity contribution in [3.8, 4) is 23.0 Å². The monoisotopic (exact) mass is 533 g/mol. The Balaban J connectivity index is 1.52. The first kappa shape index (κ1) is 28.7. The second kappa shape index (κ2) is 14.8. The van der Waals surface area contributed by atoms with Crippen LogP contribution < -0.4 is 29.7 Å². The van der Waals surface area contributed by atoms with Gasteiger partial charge < -0.3 is 24.3 Å². The summed E-state index contributed by atoms with van der Waals surface area (Å²) in [5.74, 6) is 0.448. The number of carbonyl (C=O) groups is 3. The highest BCUT2D eigenvalue weighted by molar-refractivity contribution is 5.96. The third kappa shape index (κ3) is 8.89. The van der Waals surface area contributed by atoms with Crippen molar-refractivity contribution in [3.05, 3.63) is 83.4 Å². The largest absolute Gasteiger partial charge is 0.497 e. The second-order valence-electron chi connectivity index (χ2n) is 8.11. The molecular weight excluding hydrogens is 502 g/mol. The molecule has 39 heavy (non-hydrogen) atoms. The van der Waals surface area contributed by atoms with Crippen LogP contribution in [0.3, 0.4) is 0 Å². The molecule has 3 aromatic rings. The van der Waals surface area contributed by atoms with Crippen LogP contribution in [-0.2, 0) is 4.79 Å². The molecule has 0 radical (unpaired) electrons. The predicted molar refractivity (Wildman–Crippen MR) is 146 cm³/mol. The van der Waals surface area contributed by atoms with Crippen LogP contribution in [-0.4, -0.2) is 50.9 Å². The summed E-state index contributed by atoms with van der Waals surface area (Å²) in [7, 11) is 1.54. The highest BCUT2D eigenvalue weighted by Gasteiger charge is 2.14. The maximum atomic E-state index is 12.5. The normalized spacial score (nSPS) is 10.5. The summed E-state index contributed by atoms with van der Waals surface area (Å²) >= 11 is 0. The quantitative estimate of drug-likeness (QED) is 0.147. The van der Waals surface area contributed by atoms with E-state index in [-0.39, 0.29) is 12.3 Å². The van der Waals surface area contributed by atoms with Crippen molar-refractivity contribution in [3.63, 3.8) is 0 Å². The molecule has 2 N–H and O–H groups in total. The molecule has 0 spiro atoms. The van der Waals surface area contributed by atoms with E-state index < -0.39 is 17.8 Å². The van der Waals surface area contributed by atoms with E-state index in [0.717, 1.165) is 6.42 Å². The first-order valence-electron chi connectivity index (χ1n) is 12.4. The fourth-order valence-corrected chi connectivity index (χ4v) is 3.25. The molecular formula is C29H31N3O7. The van der Waals surface area contributed by atoms with Crippen LogP contribution in [0.25, 0.3) is 0 Å². The number of benzene rings is 3. The molecule has 0 fully saturated rings. The zero-order chi connectivity index (χ0) is 28.0. The maximum absolute atomic E-state index is 12.5. The van der Waals surface area contributed by atoms with Gasteiger partial charge in [0, 0.05) is 5.56 Å². The Morgan fingerprint density at radius 1 is 0.846 bits per heavy atom. The number of hydrazone groups is 1. The number of hydrogen-bond donors (Lipinski definition) is 2. The molecule has 0 aliphatic carbocycles. The van der Waals surface area contributed by atoms with Gasteiger partial charge in [0.2, 0.25) is 0 Å². The van der Waals surface area contributed by atoms with Gasteiger partial charge in [-0.25, -0.2) is 10.2 Å².